The predicted molar refractivity (Wildman–Crippen MR) is 50.1 cm³/mol. The van der Waals surface area contributed by atoms with Gasteiger partial charge >= 0.3 is 0 Å². The van der Waals surface area contributed by atoms with E-state index in [0.717, 1.165) is 0 Å². The van der Waals surface area contributed by atoms with Gasteiger partial charge in [0, 0.05) is 0 Å². The molecule has 0 radical (unpaired) electrons. The molecule has 1 heterocycles. The zero-order valence-corrected chi connectivity index (χ0v) is 8.28. The van der Waals surface area contributed by atoms with Crippen LogP contribution < -0.4 is 0 Å². The third-order valence-electron chi connectivity index (χ3n) is 0.970. The smallest absolute Gasteiger partial charge is 0.0902 e. The minimum Gasteiger partial charge on any atom is -0.473 e. The third kappa shape index (κ3) is 9.24. The Morgan fingerprint density at radius 3 is 1.42 bits per heavy atom. The molecule has 0 aliphatic carbocycles. The Kier molecular flexibility index (Phi) is 6.48. The van der Waals surface area contributed by atoms with E-state index >= 15 is 0 Å². The molecular weight excluding hydrogens is 152 g/mol. The maximum Gasteiger partial charge on any atom is 0.0902 e. The van der Waals surface area contributed by atoms with Crippen molar-refractivity contribution >= 4 is 0 Å². The zero-order chi connectivity index (χ0) is 9.40. The van der Waals surface area contributed by atoms with E-state index in [0.29, 0.717) is 12.2 Å². The van der Waals surface area contributed by atoms with Crippen LogP contribution in [0.15, 0.2) is 29.1 Å². The molecule has 0 aliphatic rings. The van der Waals surface area contributed by atoms with E-state index in [1.165, 1.54) is 0 Å². The Balaban J connectivity index is 0.000000211. The Bertz CT molecular complexity index is 131. The summed E-state index contributed by atoms with van der Waals surface area (Å²) in [4.78, 5) is 0. The summed E-state index contributed by atoms with van der Waals surface area (Å²) in [6.07, 6.45) is 4.00. The number of hydrogen-bond donors (Lipinski definition) is 0. The topological polar surface area (TPSA) is 22.4 Å². The Hall–Kier alpha value is -0.760. The summed E-state index contributed by atoms with van der Waals surface area (Å²) in [7, 11) is 0. The maximum absolute atomic E-state index is 5.25. The Morgan fingerprint density at radius 1 is 0.917 bits per heavy atom. The normalized spacial score (nSPS) is 9.83. The summed E-state index contributed by atoms with van der Waals surface area (Å²) >= 11 is 0. The molecule has 0 N–H and O–H groups in total. The summed E-state index contributed by atoms with van der Waals surface area (Å²) in [5.41, 5.74) is 0. The van der Waals surface area contributed by atoms with Crippen LogP contribution in [0.4, 0.5) is 0 Å². The SMILES string of the molecule is CC(C)OC(C)C.c1ccoc1. The lowest BCUT2D eigenvalue weighted by Crippen LogP contribution is -2.09. The molecule has 0 fully saturated rings. The van der Waals surface area contributed by atoms with Gasteiger partial charge in [0.25, 0.3) is 0 Å². The zero-order valence-electron chi connectivity index (χ0n) is 8.28. The molecule has 0 aliphatic heterocycles. The van der Waals surface area contributed by atoms with Gasteiger partial charge < -0.3 is 9.15 Å². The maximum atomic E-state index is 5.25. The first-order valence-electron chi connectivity index (χ1n) is 4.25. The van der Waals surface area contributed by atoms with Crippen molar-refractivity contribution < 1.29 is 9.15 Å². The monoisotopic (exact) mass is 170 g/mol. The van der Waals surface area contributed by atoms with Gasteiger partial charge in [0.1, 0.15) is 0 Å². The fourth-order valence-corrected chi connectivity index (χ4v) is 0.771. The van der Waals surface area contributed by atoms with Gasteiger partial charge in [-0.1, -0.05) is 0 Å². The number of hydrogen-bond acceptors (Lipinski definition) is 2. The quantitative estimate of drug-likeness (QED) is 0.680. The molecule has 0 spiro atoms. The van der Waals surface area contributed by atoms with Crippen molar-refractivity contribution in [2.24, 2.45) is 0 Å². The van der Waals surface area contributed by atoms with Crippen LogP contribution in [0, 0.1) is 0 Å². The van der Waals surface area contributed by atoms with Crippen LogP contribution in [0.5, 0.6) is 0 Å². The van der Waals surface area contributed by atoms with Gasteiger partial charge in [-0.2, -0.15) is 0 Å². The Morgan fingerprint density at radius 2 is 1.33 bits per heavy atom. The van der Waals surface area contributed by atoms with E-state index < -0.39 is 0 Å². The summed E-state index contributed by atoms with van der Waals surface area (Å²) < 4.78 is 9.83. The first kappa shape index (κ1) is 11.2. The van der Waals surface area contributed by atoms with Gasteiger partial charge in [0.15, 0.2) is 0 Å². The molecule has 12 heavy (non-hydrogen) atoms. The average molecular weight is 170 g/mol. The molecule has 2 heteroatoms. The van der Waals surface area contributed by atoms with Crippen LogP contribution in [-0.2, 0) is 4.74 Å². The summed E-state index contributed by atoms with van der Waals surface area (Å²) in [5.74, 6) is 0. The van der Waals surface area contributed by atoms with E-state index in [1.54, 1.807) is 12.5 Å². The molecule has 0 saturated carbocycles. The van der Waals surface area contributed by atoms with Crippen LogP contribution in [0.25, 0.3) is 0 Å². The molecule has 0 aromatic carbocycles. The van der Waals surface area contributed by atoms with Gasteiger partial charge in [-0.15, -0.1) is 0 Å². The van der Waals surface area contributed by atoms with Gasteiger partial charge in [-0.25, -0.2) is 0 Å². The third-order valence-corrected chi connectivity index (χ3v) is 0.970. The summed E-state index contributed by atoms with van der Waals surface area (Å²) in [6, 6.07) is 3.67. The average Bonchev–Trinajstić information content (AvgIpc) is 2.36. The van der Waals surface area contributed by atoms with Crippen LogP contribution in [0.3, 0.4) is 0 Å². The Labute approximate surface area is 74.5 Å². The van der Waals surface area contributed by atoms with Gasteiger partial charge in [0.2, 0.25) is 0 Å². The second-order valence-corrected chi connectivity index (χ2v) is 3.03. The minimum absolute atomic E-state index is 0.375. The van der Waals surface area contributed by atoms with Gasteiger partial charge in [-0.3, -0.25) is 0 Å². The van der Waals surface area contributed by atoms with Crippen molar-refractivity contribution in [2.75, 3.05) is 0 Å². The van der Waals surface area contributed by atoms with Crippen molar-refractivity contribution in [3.63, 3.8) is 0 Å². The molecule has 1 aromatic rings. The predicted octanol–water partition coefficient (Wildman–Crippen LogP) is 3.10. The van der Waals surface area contributed by atoms with E-state index in [2.05, 4.69) is 4.42 Å². The molecule has 0 saturated heterocycles. The number of rotatable bonds is 2. The van der Waals surface area contributed by atoms with Gasteiger partial charge in [-0.05, 0) is 39.8 Å². The van der Waals surface area contributed by atoms with Crippen molar-refractivity contribution in [3.05, 3.63) is 24.7 Å². The summed E-state index contributed by atoms with van der Waals surface area (Å²) in [5, 5.41) is 0. The highest BCUT2D eigenvalue weighted by Gasteiger charge is 1.94. The lowest BCUT2D eigenvalue weighted by Gasteiger charge is -2.09. The highest BCUT2D eigenvalue weighted by molar-refractivity contribution is 4.79. The largest absolute Gasteiger partial charge is 0.473 e. The highest BCUT2D eigenvalue weighted by Crippen LogP contribution is 1.93. The minimum atomic E-state index is 0.375. The highest BCUT2D eigenvalue weighted by atomic mass is 16.5. The van der Waals surface area contributed by atoms with Crippen molar-refractivity contribution in [2.45, 2.75) is 39.9 Å². The van der Waals surface area contributed by atoms with Crippen LogP contribution in [0.2, 0.25) is 0 Å². The van der Waals surface area contributed by atoms with Crippen LogP contribution in [-0.4, -0.2) is 12.2 Å². The van der Waals surface area contributed by atoms with Crippen LogP contribution in [0.1, 0.15) is 27.7 Å². The van der Waals surface area contributed by atoms with E-state index in [4.69, 9.17) is 4.74 Å². The first-order chi connectivity index (χ1) is 5.63. The second-order valence-electron chi connectivity index (χ2n) is 3.03. The summed E-state index contributed by atoms with van der Waals surface area (Å²) in [6.45, 7) is 8.17. The molecule has 2 nitrogen and oxygen atoms in total. The van der Waals surface area contributed by atoms with Crippen molar-refractivity contribution in [3.8, 4) is 0 Å². The molecule has 1 rings (SSSR count). The number of furan rings is 1. The lowest BCUT2D eigenvalue weighted by atomic mass is 10.4. The van der Waals surface area contributed by atoms with Crippen LogP contribution >= 0.6 is 0 Å². The molecule has 70 valence electrons. The molecule has 0 unspecified atom stereocenters. The number of ether oxygens (including phenoxy) is 1. The molecule has 1 aromatic heterocycles. The molecule has 0 amide bonds. The van der Waals surface area contributed by atoms with E-state index in [-0.39, 0.29) is 0 Å². The standard InChI is InChI=1S/C6H14O.C4H4O/c1-5(2)7-6(3)4;1-2-4-5-3-1/h5-6H,1-4H3;1-4H. The lowest BCUT2D eigenvalue weighted by molar-refractivity contribution is 0.0300. The first-order valence-corrected chi connectivity index (χ1v) is 4.25. The van der Waals surface area contributed by atoms with E-state index in [1.807, 2.05) is 39.8 Å². The fraction of sp³-hybridized carbons (Fsp3) is 0.600. The van der Waals surface area contributed by atoms with Crippen molar-refractivity contribution in [1.82, 2.24) is 0 Å². The molecule has 0 atom stereocenters. The van der Waals surface area contributed by atoms with Gasteiger partial charge in [0.05, 0.1) is 24.7 Å². The van der Waals surface area contributed by atoms with E-state index in [9.17, 15) is 0 Å². The molecular formula is C10H18O2. The van der Waals surface area contributed by atoms with Crippen molar-refractivity contribution in [1.29, 1.82) is 0 Å². The molecule has 0 bridgehead atoms. The second kappa shape index (κ2) is 6.92. The fourth-order valence-electron chi connectivity index (χ4n) is 0.771.